The Kier molecular flexibility index (Phi) is 6.20. The first-order valence-electron chi connectivity index (χ1n) is 10.7. The average molecular weight is 419 g/mol. The Hall–Kier alpha value is -1.93. The van der Waals surface area contributed by atoms with Gasteiger partial charge in [0.15, 0.2) is 0 Å². The van der Waals surface area contributed by atoms with Crippen LogP contribution in [-0.2, 0) is 20.8 Å². The van der Waals surface area contributed by atoms with Crippen molar-refractivity contribution in [1.29, 1.82) is 0 Å². The van der Waals surface area contributed by atoms with Crippen molar-refractivity contribution in [2.24, 2.45) is 0 Å². The third-order valence-electron chi connectivity index (χ3n) is 6.40. The zero-order valence-corrected chi connectivity index (χ0v) is 18.0. The van der Waals surface area contributed by atoms with Crippen molar-refractivity contribution >= 4 is 29.1 Å². The van der Waals surface area contributed by atoms with Crippen LogP contribution in [0.4, 0.5) is 0 Å². The molecule has 1 unspecified atom stereocenters. The standard InChI is InChI=1S/C21H30N4O3S/c1-2-17-16-6-14-29-18(16)5-9-25(17)19(26)15-22-10-12-24(13-11-22)21(28)20(27)23-7-3-4-8-23/h6,14,17H,2-5,7-13,15H2,1H3. The van der Waals surface area contributed by atoms with Gasteiger partial charge in [0.25, 0.3) is 0 Å². The molecule has 4 heterocycles. The predicted molar refractivity (Wildman–Crippen MR) is 112 cm³/mol. The van der Waals surface area contributed by atoms with Gasteiger partial charge < -0.3 is 14.7 Å². The fourth-order valence-corrected chi connectivity index (χ4v) is 5.65. The lowest BCUT2D eigenvalue weighted by Crippen LogP contribution is -2.55. The highest BCUT2D eigenvalue weighted by Gasteiger charge is 2.33. The summed E-state index contributed by atoms with van der Waals surface area (Å²) in [5.41, 5.74) is 1.31. The molecule has 2 fully saturated rings. The molecule has 0 spiro atoms. The van der Waals surface area contributed by atoms with Gasteiger partial charge in [-0.1, -0.05) is 6.92 Å². The summed E-state index contributed by atoms with van der Waals surface area (Å²) in [5, 5.41) is 2.13. The van der Waals surface area contributed by atoms with E-state index in [4.69, 9.17) is 0 Å². The first kappa shape index (κ1) is 20.3. The zero-order valence-electron chi connectivity index (χ0n) is 17.1. The first-order chi connectivity index (χ1) is 14.1. The summed E-state index contributed by atoms with van der Waals surface area (Å²) in [7, 11) is 0. The topological polar surface area (TPSA) is 64.2 Å². The molecule has 3 aliphatic rings. The van der Waals surface area contributed by atoms with E-state index in [1.807, 2.05) is 4.90 Å². The Labute approximate surface area is 176 Å². The van der Waals surface area contributed by atoms with Crippen LogP contribution in [0.2, 0.25) is 0 Å². The molecule has 3 amide bonds. The maximum atomic E-state index is 13.0. The predicted octanol–water partition coefficient (Wildman–Crippen LogP) is 1.35. The molecule has 1 atom stereocenters. The van der Waals surface area contributed by atoms with Gasteiger partial charge in [-0.3, -0.25) is 19.3 Å². The number of amides is 3. The van der Waals surface area contributed by atoms with E-state index in [1.54, 1.807) is 21.1 Å². The largest absolute Gasteiger partial charge is 0.334 e. The van der Waals surface area contributed by atoms with Crippen molar-refractivity contribution < 1.29 is 14.4 Å². The maximum absolute atomic E-state index is 13.0. The van der Waals surface area contributed by atoms with Crippen molar-refractivity contribution in [2.45, 2.75) is 38.6 Å². The van der Waals surface area contributed by atoms with Gasteiger partial charge in [0.1, 0.15) is 0 Å². The minimum absolute atomic E-state index is 0.168. The van der Waals surface area contributed by atoms with Gasteiger partial charge in [-0.25, -0.2) is 0 Å². The monoisotopic (exact) mass is 418 g/mol. The summed E-state index contributed by atoms with van der Waals surface area (Å²) >= 11 is 1.79. The number of likely N-dealkylation sites (tertiary alicyclic amines) is 1. The van der Waals surface area contributed by atoms with Crippen LogP contribution in [0.25, 0.3) is 0 Å². The second-order valence-electron chi connectivity index (χ2n) is 8.13. The third-order valence-corrected chi connectivity index (χ3v) is 7.39. The fourth-order valence-electron chi connectivity index (χ4n) is 4.72. The Morgan fingerprint density at radius 3 is 2.28 bits per heavy atom. The van der Waals surface area contributed by atoms with Crippen molar-refractivity contribution in [3.8, 4) is 0 Å². The molecular weight excluding hydrogens is 388 g/mol. The van der Waals surface area contributed by atoms with Gasteiger partial charge in [-0.05, 0) is 42.7 Å². The average Bonchev–Trinajstić information content (AvgIpc) is 3.44. The van der Waals surface area contributed by atoms with Crippen LogP contribution in [0.5, 0.6) is 0 Å². The molecule has 2 saturated heterocycles. The molecule has 158 valence electrons. The molecular formula is C21H30N4O3S. The Bertz CT molecular complexity index is 766. The van der Waals surface area contributed by atoms with Crippen molar-refractivity contribution in [1.82, 2.24) is 19.6 Å². The normalized spacial score (nSPS) is 22.7. The Morgan fingerprint density at radius 2 is 1.62 bits per heavy atom. The third kappa shape index (κ3) is 4.19. The molecule has 1 aromatic rings. The van der Waals surface area contributed by atoms with Crippen LogP contribution in [-0.4, -0.2) is 89.7 Å². The lowest BCUT2D eigenvalue weighted by molar-refractivity contribution is -0.152. The van der Waals surface area contributed by atoms with E-state index >= 15 is 0 Å². The van der Waals surface area contributed by atoms with E-state index in [2.05, 4.69) is 23.3 Å². The minimum atomic E-state index is -0.384. The van der Waals surface area contributed by atoms with Gasteiger partial charge >= 0.3 is 11.8 Å². The van der Waals surface area contributed by atoms with Crippen LogP contribution in [0.3, 0.4) is 0 Å². The number of thiophene rings is 1. The van der Waals surface area contributed by atoms with E-state index in [9.17, 15) is 14.4 Å². The fraction of sp³-hybridized carbons (Fsp3) is 0.667. The minimum Gasteiger partial charge on any atom is -0.334 e. The van der Waals surface area contributed by atoms with Crippen LogP contribution in [0.15, 0.2) is 11.4 Å². The molecule has 0 radical (unpaired) electrons. The number of hydrogen-bond donors (Lipinski definition) is 0. The van der Waals surface area contributed by atoms with Crippen molar-refractivity contribution in [2.75, 3.05) is 52.4 Å². The highest BCUT2D eigenvalue weighted by Crippen LogP contribution is 2.35. The van der Waals surface area contributed by atoms with Crippen molar-refractivity contribution in [3.05, 3.63) is 21.9 Å². The van der Waals surface area contributed by atoms with E-state index < -0.39 is 0 Å². The SMILES string of the molecule is CCC1c2ccsc2CCN1C(=O)CN1CCN(C(=O)C(=O)N2CCCC2)CC1. The van der Waals surface area contributed by atoms with Crippen LogP contribution >= 0.6 is 11.3 Å². The molecule has 0 N–H and O–H groups in total. The van der Waals surface area contributed by atoms with E-state index in [-0.39, 0.29) is 23.8 Å². The van der Waals surface area contributed by atoms with Gasteiger partial charge in [-0.2, -0.15) is 0 Å². The van der Waals surface area contributed by atoms with E-state index in [0.29, 0.717) is 45.8 Å². The van der Waals surface area contributed by atoms with Crippen LogP contribution in [0.1, 0.15) is 42.7 Å². The lowest BCUT2D eigenvalue weighted by Gasteiger charge is -2.39. The lowest BCUT2D eigenvalue weighted by atomic mass is 9.97. The molecule has 0 bridgehead atoms. The summed E-state index contributed by atoms with van der Waals surface area (Å²) in [6.07, 6.45) is 3.83. The summed E-state index contributed by atoms with van der Waals surface area (Å²) < 4.78 is 0. The van der Waals surface area contributed by atoms with Crippen molar-refractivity contribution in [3.63, 3.8) is 0 Å². The first-order valence-corrected chi connectivity index (χ1v) is 11.6. The molecule has 3 aliphatic heterocycles. The van der Waals surface area contributed by atoms with E-state index in [0.717, 1.165) is 32.2 Å². The smallest absolute Gasteiger partial charge is 0.312 e. The number of piperazine rings is 1. The van der Waals surface area contributed by atoms with Gasteiger partial charge in [-0.15, -0.1) is 11.3 Å². The summed E-state index contributed by atoms with van der Waals surface area (Å²) in [6.45, 7) is 7.00. The molecule has 0 aliphatic carbocycles. The molecule has 7 nitrogen and oxygen atoms in total. The van der Waals surface area contributed by atoms with Crippen LogP contribution in [0, 0.1) is 0 Å². The van der Waals surface area contributed by atoms with Gasteiger partial charge in [0, 0.05) is 50.7 Å². The molecule has 1 aromatic heterocycles. The number of hydrogen-bond acceptors (Lipinski definition) is 5. The number of carbonyl (C=O) groups is 3. The highest BCUT2D eigenvalue weighted by atomic mass is 32.1. The second kappa shape index (κ2) is 8.83. The Balaban J connectivity index is 1.29. The zero-order chi connectivity index (χ0) is 20.4. The molecule has 4 rings (SSSR count). The number of carbonyl (C=O) groups excluding carboxylic acids is 3. The second-order valence-corrected chi connectivity index (χ2v) is 9.13. The van der Waals surface area contributed by atoms with Gasteiger partial charge in [0.2, 0.25) is 5.91 Å². The molecule has 8 heteroatoms. The number of fused-ring (bicyclic) bond motifs is 1. The molecule has 0 aromatic carbocycles. The van der Waals surface area contributed by atoms with E-state index in [1.165, 1.54) is 10.4 Å². The van der Waals surface area contributed by atoms with Crippen LogP contribution < -0.4 is 0 Å². The number of rotatable bonds is 3. The number of nitrogens with zero attached hydrogens (tertiary/aromatic N) is 4. The highest BCUT2D eigenvalue weighted by molar-refractivity contribution is 7.10. The Morgan fingerprint density at radius 1 is 0.966 bits per heavy atom. The molecule has 0 saturated carbocycles. The quantitative estimate of drug-likeness (QED) is 0.695. The summed E-state index contributed by atoms with van der Waals surface area (Å²) in [6, 6.07) is 2.34. The van der Waals surface area contributed by atoms with Gasteiger partial charge in [0.05, 0.1) is 12.6 Å². The molecule has 29 heavy (non-hydrogen) atoms. The maximum Gasteiger partial charge on any atom is 0.312 e. The summed E-state index contributed by atoms with van der Waals surface area (Å²) in [4.78, 5) is 46.7. The summed E-state index contributed by atoms with van der Waals surface area (Å²) in [5.74, 6) is -0.579.